The number of halogens is 1. The highest BCUT2D eigenvalue weighted by Crippen LogP contribution is 2.40. The van der Waals surface area contributed by atoms with Gasteiger partial charge in [0.1, 0.15) is 5.82 Å². The molecule has 2 aliphatic rings. The van der Waals surface area contributed by atoms with Gasteiger partial charge < -0.3 is 9.73 Å². The van der Waals surface area contributed by atoms with E-state index in [9.17, 15) is 4.39 Å². The molecule has 7 heteroatoms. The van der Waals surface area contributed by atoms with E-state index in [-0.39, 0.29) is 29.3 Å². The van der Waals surface area contributed by atoms with Crippen LogP contribution in [0.4, 0.5) is 10.4 Å². The summed E-state index contributed by atoms with van der Waals surface area (Å²) < 4.78 is 20.3. The smallest absolute Gasteiger partial charge is 0.315 e. The van der Waals surface area contributed by atoms with Crippen LogP contribution in [0.5, 0.6) is 0 Å². The minimum absolute atomic E-state index is 0.142. The Morgan fingerprint density at radius 3 is 2.82 bits per heavy atom. The van der Waals surface area contributed by atoms with Crippen LogP contribution in [-0.4, -0.2) is 26.2 Å². The average molecular weight is 377 g/mol. The lowest BCUT2D eigenvalue weighted by Crippen LogP contribution is -2.09. The molecule has 2 heterocycles. The Morgan fingerprint density at radius 2 is 2.04 bits per heavy atom. The van der Waals surface area contributed by atoms with E-state index in [4.69, 9.17) is 9.40 Å². The van der Waals surface area contributed by atoms with Crippen molar-refractivity contribution in [1.82, 2.24) is 20.2 Å². The molecule has 0 amide bonds. The lowest BCUT2D eigenvalue weighted by molar-refractivity contribution is 0.563. The van der Waals surface area contributed by atoms with Crippen LogP contribution >= 0.6 is 0 Å². The summed E-state index contributed by atoms with van der Waals surface area (Å²) in [5, 5.41) is 11.0. The second-order valence-corrected chi connectivity index (χ2v) is 7.60. The van der Waals surface area contributed by atoms with E-state index in [0.29, 0.717) is 18.2 Å². The Labute approximate surface area is 161 Å². The number of allylic oxidation sites excluding steroid dienone is 1. The van der Waals surface area contributed by atoms with Gasteiger partial charge in [-0.2, -0.15) is 0 Å². The van der Waals surface area contributed by atoms with Gasteiger partial charge in [0.15, 0.2) is 5.82 Å². The summed E-state index contributed by atoms with van der Waals surface area (Å²) in [4.78, 5) is 9.20. The summed E-state index contributed by atoms with van der Waals surface area (Å²) in [6.07, 6.45) is 6.89. The molecule has 5 rings (SSSR count). The van der Waals surface area contributed by atoms with Crippen molar-refractivity contribution >= 4 is 11.6 Å². The summed E-state index contributed by atoms with van der Waals surface area (Å²) in [6, 6.07) is 5.71. The van der Waals surface area contributed by atoms with Crippen LogP contribution in [0.15, 0.2) is 34.9 Å². The van der Waals surface area contributed by atoms with Crippen LogP contribution < -0.4 is 5.32 Å². The quantitative estimate of drug-likeness (QED) is 0.712. The van der Waals surface area contributed by atoms with Crippen molar-refractivity contribution < 1.29 is 8.81 Å². The number of rotatable bonds is 5. The number of fused-ring (bicyclic) bond motifs is 1. The van der Waals surface area contributed by atoms with Crippen molar-refractivity contribution in [3.8, 4) is 11.5 Å². The molecule has 142 valence electrons. The molecular formula is C21H20FN5O. The number of nitrogens with zero attached hydrogens (tertiary/aromatic N) is 4. The maximum Gasteiger partial charge on any atom is 0.315 e. The predicted octanol–water partition coefficient (Wildman–Crippen LogP) is 4.35. The van der Waals surface area contributed by atoms with Crippen LogP contribution in [0.3, 0.4) is 0 Å². The molecule has 0 spiro atoms. The molecule has 0 atom stereocenters. The summed E-state index contributed by atoms with van der Waals surface area (Å²) in [7, 11) is 0. The first-order valence-electron chi connectivity index (χ1n) is 9.55. The number of benzene rings is 1. The van der Waals surface area contributed by atoms with Crippen LogP contribution in [-0.2, 0) is 6.42 Å². The van der Waals surface area contributed by atoms with Crippen molar-refractivity contribution in [3.63, 3.8) is 0 Å². The molecular weight excluding hydrogens is 357 g/mol. The van der Waals surface area contributed by atoms with Crippen molar-refractivity contribution in [1.29, 1.82) is 0 Å². The average Bonchev–Trinajstić information content (AvgIpc) is 3.30. The lowest BCUT2D eigenvalue weighted by atomic mass is 10.0. The number of hydrogen-bond donors (Lipinski definition) is 1. The van der Waals surface area contributed by atoms with Gasteiger partial charge in [-0.05, 0) is 62.4 Å². The lowest BCUT2D eigenvalue weighted by Gasteiger charge is -2.09. The molecule has 6 nitrogen and oxygen atoms in total. The molecule has 2 aliphatic carbocycles. The number of anilines is 1. The number of hydrogen-bond acceptors (Lipinski definition) is 6. The van der Waals surface area contributed by atoms with Crippen LogP contribution in [0, 0.1) is 5.82 Å². The zero-order chi connectivity index (χ0) is 19.3. The fourth-order valence-electron chi connectivity index (χ4n) is 3.48. The van der Waals surface area contributed by atoms with E-state index < -0.39 is 0 Å². The minimum Gasteiger partial charge on any atom is -0.403 e. The Morgan fingerprint density at radius 1 is 1.18 bits per heavy atom. The third kappa shape index (κ3) is 3.06. The summed E-state index contributed by atoms with van der Waals surface area (Å²) in [6.45, 7) is 3.93. The predicted molar refractivity (Wildman–Crippen MR) is 103 cm³/mol. The van der Waals surface area contributed by atoms with Gasteiger partial charge in [0, 0.05) is 29.4 Å². The molecule has 1 N–H and O–H groups in total. The number of aromatic nitrogens is 4. The molecule has 0 saturated heterocycles. The molecule has 1 fully saturated rings. The van der Waals surface area contributed by atoms with Crippen molar-refractivity contribution in [2.24, 2.45) is 0 Å². The van der Waals surface area contributed by atoms with Crippen molar-refractivity contribution in [3.05, 3.63) is 58.9 Å². The van der Waals surface area contributed by atoms with Gasteiger partial charge >= 0.3 is 6.01 Å². The highest BCUT2D eigenvalue weighted by atomic mass is 19.1. The maximum atomic E-state index is 14.7. The molecule has 2 aromatic heterocycles. The van der Waals surface area contributed by atoms with Crippen molar-refractivity contribution in [2.45, 2.75) is 45.1 Å². The van der Waals surface area contributed by atoms with Gasteiger partial charge in [-0.3, -0.25) is 0 Å². The Balaban J connectivity index is 1.52. The maximum absolute atomic E-state index is 14.7. The monoisotopic (exact) mass is 377 g/mol. The van der Waals surface area contributed by atoms with E-state index in [1.54, 1.807) is 18.3 Å². The van der Waals surface area contributed by atoms with Gasteiger partial charge in [0.05, 0.1) is 5.56 Å². The van der Waals surface area contributed by atoms with E-state index in [1.165, 1.54) is 12.8 Å². The molecule has 0 radical (unpaired) electrons. The largest absolute Gasteiger partial charge is 0.403 e. The van der Waals surface area contributed by atoms with E-state index >= 15 is 0 Å². The van der Waals surface area contributed by atoms with Crippen LogP contribution in [0.2, 0.25) is 0 Å². The fraction of sp³-hybridized carbons (Fsp3) is 0.333. The van der Waals surface area contributed by atoms with Crippen molar-refractivity contribution in [2.75, 3.05) is 5.32 Å². The van der Waals surface area contributed by atoms with Gasteiger partial charge in [0.2, 0.25) is 0 Å². The second kappa shape index (κ2) is 6.51. The Hall–Kier alpha value is -3.09. The number of nitrogens with one attached hydrogen (secondary N) is 1. The zero-order valence-electron chi connectivity index (χ0n) is 15.7. The van der Waals surface area contributed by atoms with Gasteiger partial charge in [-0.1, -0.05) is 11.2 Å². The van der Waals surface area contributed by atoms with Gasteiger partial charge in [-0.25, -0.2) is 14.4 Å². The van der Waals surface area contributed by atoms with E-state index in [1.807, 2.05) is 19.9 Å². The third-order valence-electron chi connectivity index (χ3n) is 4.99. The van der Waals surface area contributed by atoms with E-state index in [2.05, 4.69) is 26.6 Å². The molecule has 3 aromatic rings. The SMILES string of the molecule is CC(C)Nc1nnc(-c2cc3c(cc2F)CC=C3c2nccc(C3CC3)n2)o1. The highest BCUT2D eigenvalue weighted by molar-refractivity contribution is 5.83. The molecule has 1 aromatic carbocycles. The molecule has 0 aliphatic heterocycles. The molecule has 0 unspecified atom stereocenters. The first-order chi connectivity index (χ1) is 13.6. The van der Waals surface area contributed by atoms with Gasteiger partial charge in [-0.15, -0.1) is 5.10 Å². The molecule has 28 heavy (non-hydrogen) atoms. The van der Waals surface area contributed by atoms with E-state index in [0.717, 1.165) is 22.4 Å². The first kappa shape index (κ1) is 17.0. The van der Waals surface area contributed by atoms with Crippen LogP contribution in [0.1, 0.15) is 55.3 Å². The zero-order valence-corrected chi connectivity index (χ0v) is 15.7. The Bertz CT molecular complexity index is 1080. The molecule has 1 saturated carbocycles. The summed E-state index contributed by atoms with van der Waals surface area (Å²) in [5.41, 5.74) is 4.13. The van der Waals surface area contributed by atoms with Crippen LogP contribution in [0.25, 0.3) is 17.0 Å². The summed E-state index contributed by atoms with van der Waals surface area (Å²) >= 11 is 0. The Kier molecular flexibility index (Phi) is 3.96. The first-order valence-corrected chi connectivity index (χ1v) is 9.55. The fourth-order valence-corrected chi connectivity index (χ4v) is 3.48. The normalized spacial score (nSPS) is 15.6. The highest BCUT2D eigenvalue weighted by Gasteiger charge is 2.27. The molecule has 0 bridgehead atoms. The van der Waals surface area contributed by atoms with Gasteiger partial charge in [0.25, 0.3) is 5.89 Å². The second-order valence-electron chi connectivity index (χ2n) is 7.60. The summed E-state index contributed by atoms with van der Waals surface area (Å²) in [5.74, 6) is 1.02. The standard InChI is InChI=1S/C21H20FN5O/c1-11(2)24-21-27-26-20(28-21)16-10-15-13(9-17(16)22)5-6-14(15)19-23-8-7-18(25-19)12-3-4-12/h6-12H,3-5H2,1-2H3,(H,24,27). The third-order valence-corrected chi connectivity index (χ3v) is 4.99. The minimum atomic E-state index is -0.374. The topological polar surface area (TPSA) is 76.7 Å².